The van der Waals surface area contributed by atoms with Crippen LogP contribution in [-0.2, 0) is 9.59 Å². The third-order valence-electron chi connectivity index (χ3n) is 3.01. The molecule has 1 N–H and O–H groups in total. The molecule has 1 aliphatic heterocycles. The van der Waals surface area contributed by atoms with Crippen molar-refractivity contribution in [3.8, 4) is 0 Å². The minimum atomic E-state index is -1.03. The van der Waals surface area contributed by atoms with Gasteiger partial charge in [-0.15, -0.1) is 0 Å². The molecule has 2 rings (SSSR count). The van der Waals surface area contributed by atoms with Gasteiger partial charge < -0.3 is 5.11 Å². The molecule has 1 aromatic carbocycles. The van der Waals surface area contributed by atoms with Crippen molar-refractivity contribution in [2.45, 2.75) is 20.3 Å². The van der Waals surface area contributed by atoms with E-state index >= 15 is 0 Å². The second-order valence-corrected chi connectivity index (χ2v) is 5.06. The van der Waals surface area contributed by atoms with Gasteiger partial charge >= 0.3 is 5.97 Å². The number of nitrogens with zero attached hydrogens (tertiary/aromatic N) is 1. The Balaban J connectivity index is 2.47. The van der Waals surface area contributed by atoms with Gasteiger partial charge in [-0.1, -0.05) is 15.9 Å². The topological polar surface area (TPSA) is 57.6 Å². The molecule has 5 heteroatoms. The standard InChI is InChI=1S/C13H12BrNO3/c1-7-5-9(3-4-11(7)14)15-8(2)10(13(17)18)6-12(15)16/h3-5H,6H2,1-2H3,(H,17,18). The molecular formula is C13H12BrNO3. The van der Waals surface area contributed by atoms with Crippen molar-refractivity contribution < 1.29 is 14.7 Å². The maximum Gasteiger partial charge on any atom is 0.333 e. The number of carbonyl (C=O) groups is 2. The first-order valence-corrected chi connectivity index (χ1v) is 6.23. The first kappa shape index (κ1) is 12.8. The highest BCUT2D eigenvalue weighted by molar-refractivity contribution is 9.10. The molecular weight excluding hydrogens is 298 g/mol. The number of aryl methyl sites for hydroxylation is 1. The van der Waals surface area contributed by atoms with Crippen LogP contribution in [0.1, 0.15) is 18.9 Å². The van der Waals surface area contributed by atoms with E-state index in [0.29, 0.717) is 11.4 Å². The lowest BCUT2D eigenvalue weighted by Gasteiger charge is -2.19. The summed E-state index contributed by atoms with van der Waals surface area (Å²) in [5.41, 5.74) is 2.36. The summed E-state index contributed by atoms with van der Waals surface area (Å²) in [4.78, 5) is 24.4. The maximum absolute atomic E-state index is 11.9. The second kappa shape index (κ2) is 4.57. The zero-order chi connectivity index (χ0) is 13.4. The minimum absolute atomic E-state index is 0.0454. The van der Waals surface area contributed by atoms with Crippen LogP contribution in [0.3, 0.4) is 0 Å². The van der Waals surface area contributed by atoms with Crippen LogP contribution in [0.25, 0.3) is 0 Å². The number of halogens is 1. The van der Waals surface area contributed by atoms with E-state index in [1.807, 2.05) is 19.1 Å². The van der Waals surface area contributed by atoms with Crippen molar-refractivity contribution in [2.24, 2.45) is 0 Å². The number of carboxylic acid groups (broad SMARTS) is 1. The summed E-state index contributed by atoms with van der Waals surface area (Å²) in [6.45, 7) is 3.58. The average molecular weight is 310 g/mol. The smallest absolute Gasteiger partial charge is 0.333 e. The Labute approximate surface area is 113 Å². The molecule has 4 nitrogen and oxygen atoms in total. The minimum Gasteiger partial charge on any atom is -0.478 e. The van der Waals surface area contributed by atoms with Gasteiger partial charge in [0.15, 0.2) is 0 Å². The van der Waals surface area contributed by atoms with E-state index in [-0.39, 0.29) is 17.9 Å². The molecule has 0 radical (unpaired) electrons. The molecule has 0 bridgehead atoms. The third kappa shape index (κ3) is 2.06. The number of hydrogen-bond donors (Lipinski definition) is 1. The Kier molecular flexibility index (Phi) is 3.26. The molecule has 94 valence electrons. The zero-order valence-corrected chi connectivity index (χ0v) is 11.6. The number of anilines is 1. The lowest BCUT2D eigenvalue weighted by molar-refractivity contribution is -0.133. The van der Waals surface area contributed by atoms with Gasteiger partial charge in [-0.2, -0.15) is 0 Å². The normalized spacial score (nSPS) is 15.5. The molecule has 0 saturated heterocycles. The van der Waals surface area contributed by atoms with Crippen LogP contribution in [0.5, 0.6) is 0 Å². The summed E-state index contributed by atoms with van der Waals surface area (Å²) >= 11 is 3.39. The summed E-state index contributed by atoms with van der Waals surface area (Å²) in [7, 11) is 0. The highest BCUT2D eigenvalue weighted by Gasteiger charge is 2.32. The fourth-order valence-electron chi connectivity index (χ4n) is 2.02. The number of hydrogen-bond acceptors (Lipinski definition) is 2. The van der Waals surface area contributed by atoms with E-state index in [9.17, 15) is 9.59 Å². The fraction of sp³-hybridized carbons (Fsp3) is 0.231. The van der Waals surface area contributed by atoms with Crippen molar-refractivity contribution in [3.05, 3.63) is 39.5 Å². The summed E-state index contributed by atoms with van der Waals surface area (Å²) in [5, 5.41) is 9.02. The van der Waals surface area contributed by atoms with Gasteiger partial charge in [0.1, 0.15) is 0 Å². The van der Waals surface area contributed by atoms with Gasteiger partial charge in [-0.3, -0.25) is 9.69 Å². The van der Waals surface area contributed by atoms with Crippen LogP contribution >= 0.6 is 15.9 Å². The van der Waals surface area contributed by atoms with Crippen LogP contribution in [-0.4, -0.2) is 17.0 Å². The Morgan fingerprint density at radius 3 is 2.56 bits per heavy atom. The van der Waals surface area contributed by atoms with Crippen molar-refractivity contribution in [3.63, 3.8) is 0 Å². The van der Waals surface area contributed by atoms with Crippen LogP contribution in [0.4, 0.5) is 5.69 Å². The quantitative estimate of drug-likeness (QED) is 0.914. The lowest BCUT2D eigenvalue weighted by Crippen LogP contribution is -2.23. The number of amides is 1. The lowest BCUT2D eigenvalue weighted by atomic mass is 10.2. The number of carbonyl (C=O) groups excluding carboxylic acids is 1. The van der Waals surface area contributed by atoms with Gasteiger partial charge in [0.05, 0.1) is 12.0 Å². The molecule has 0 aliphatic carbocycles. The summed E-state index contributed by atoms with van der Waals surface area (Å²) < 4.78 is 0.956. The molecule has 0 atom stereocenters. The van der Waals surface area contributed by atoms with Gasteiger partial charge in [-0.25, -0.2) is 4.79 Å². The summed E-state index contributed by atoms with van der Waals surface area (Å²) in [6, 6.07) is 5.50. The predicted molar refractivity (Wildman–Crippen MR) is 71.3 cm³/mol. The van der Waals surface area contributed by atoms with E-state index in [2.05, 4.69) is 15.9 Å². The van der Waals surface area contributed by atoms with Gasteiger partial charge in [0.2, 0.25) is 5.91 Å². The Morgan fingerprint density at radius 1 is 1.39 bits per heavy atom. The molecule has 0 unspecified atom stereocenters. The van der Waals surface area contributed by atoms with Gasteiger partial charge in [-0.05, 0) is 37.6 Å². The number of allylic oxidation sites excluding steroid dienone is 1. The highest BCUT2D eigenvalue weighted by Crippen LogP contribution is 2.32. The molecule has 0 aromatic heterocycles. The Morgan fingerprint density at radius 2 is 2.06 bits per heavy atom. The number of rotatable bonds is 2. The van der Waals surface area contributed by atoms with Gasteiger partial charge in [0.25, 0.3) is 0 Å². The van der Waals surface area contributed by atoms with E-state index in [0.717, 1.165) is 10.0 Å². The predicted octanol–water partition coefficient (Wildman–Crippen LogP) is 2.85. The Bertz CT molecular complexity index is 578. The molecule has 1 heterocycles. The maximum atomic E-state index is 11.9. The largest absolute Gasteiger partial charge is 0.478 e. The number of carboxylic acids is 1. The van der Waals surface area contributed by atoms with Crippen molar-refractivity contribution in [2.75, 3.05) is 4.90 Å². The summed E-state index contributed by atoms with van der Waals surface area (Å²) in [6.07, 6.45) is -0.0454. The van der Waals surface area contributed by atoms with Gasteiger partial charge in [0, 0.05) is 15.9 Å². The molecule has 0 saturated carbocycles. The monoisotopic (exact) mass is 309 g/mol. The van der Waals surface area contributed by atoms with Crippen LogP contribution in [0.15, 0.2) is 33.9 Å². The summed E-state index contributed by atoms with van der Waals surface area (Å²) in [5.74, 6) is -1.23. The average Bonchev–Trinajstić information content (AvgIpc) is 2.59. The van der Waals surface area contributed by atoms with Crippen LogP contribution < -0.4 is 4.90 Å². The molecule has 1 aromatic rings. The van der Waals surface area contributed by atoms with Crippen molar-refractivity contribution in [1.82, 2.24) is 0 Å². The van der Waals surface area contributed by atoms with E-state index in [1.54, 1.807) is 13.0 Å². The molecule has 0 spiro atoms. The SMILES string of the molecule is CC1=C(C(=O)O)CC(=O)N1c1ccc(Br)c(C)c1. The molecule has 18 heavy (non-hydrogen) atoms. The fourth-order valence-corrected chi connectivity index (χ4v) is 2.26. The molecule has 1 amide bonds. The number of benzene rings is 1. The number of aliphatic carboxylic acids is 1. The first-order valence-electron chi connectivity index (χ1n) is 5.44. The van der Waals surface area contributed by atoms with Crippen molar-refractivity contribution in [1.29, 1.82) is 0 Å². The van der Waals surface area contributed by atoms with E-state index < -0.39 is 5.97 Å². The molecule has 0 fully saturated rings. The van der Waals surface area contributed by atoms with Crippen LogP contribution in [0.2, 0.25) is 0 Å². The molecule has 1 aliphatic rings. The Hall–Kier alpha value is -1.62. The van der Waals surface area contributed by atoms with E-state index in [1.165, 1.54) is 4.90 Å². The van der Waals surface area contributed by atoms with Crippen LogP contribution in [0, 0.1) is 6.92 Å². The highest BCUT2D eigenvalue weighted by atomic mass is 79.9. The zero-order valence-electron chi connectivity index (χ0n) is 10.0. The van der Waals surface area contributed by atoms with E-state index in [4.69, 9.17) is 5.11 Å². The third-order valence-corrected chi connectivity index (χ3v) is 3.90. The second-order valence-electron chi connectivity index (χ2n) is 4.21. The first-order chi connectivity index (χ1) is 8.41. The van der Waals surface area contributed by atoms with Crippen molar-refractivity contribution >= 4 is 33.5 Å².